The van der Waals surface area contributed by atoms with Gasteiger partial charge >= 0.3 is 0 Å². The molecule has 1 amide bonds. The zero-order chi connectivity index (χ0) is 12.8. The first-order valence-corrected chi connectivity index (χ1v) is 5.26. The highest BCUT2D eigenvalue weighted by atomic mass is 16.2. The van der Waals surface area contributed by atoms with E-state index in [9.17, 15) is 4.79 Å². The average molecular weight is 233 g/mol. The third kappa shape index (κ3) is 3.14. The Morgan fingerprint density at radius 3 is 2.59 bits per heavy atom. The summed E-state index contributed by atoms with van der Waals surface area (Å²) in [5.41, 5.74) is 0.237. The number of carbonyl (C=O) groups excluding carboxylic acids is 1. The Bertz CT molecular complexity index is 438. The Kier molecular flexibility index (Phi) is 4.40. The van der Waals surface area contributed by atoms with E-state index in [0.29, 0.717) is 12.4 Å². The van der Waals surface area contributed by atoms with E-state index in [1.54, 1.807) is 19.0 Å². The van der Waals surface area contributed by atoms with E-state index >= 15 is 0 Å². The van der Waals surface area contributed by atoms with Crippen LogP contribution in [0.15, 0.2) is 12.4 Å². The molecule has 1 aromatic rings. The Labute approximate surface area is 100 Å². The SMILES string of the molecule is CCN(CC(=O)N(C)C)c1nccnc1C#N. The van der Waals surface area contributed by atoms with Crippen LogP contribution in [0.3, 0.4) is 0 Å². The minimum absolute atomic E-state index is 0.0404. The molecule has 0 N–H and O–H groups in total. The highest BCUT2D eigenvalue weighted by Crippen LogP contribution is 2.13. The topological polar surface area (TPSA) is 73.1 Å². The maximum absolute atomic E-state index is 11.6. The van der Waals surface area contributed by atoms with Crippen LogP contribution in [0.2, 0.25) is 0 Å². The largest absolute Gasteiger partial charge is 0.347 e. The zero-order valence-electron chi connectivity index (χ0n) is 10.2. The van der Waals surface area contributed by atoms with Gasteiger partial charge in [-0.3, -0.25) is 4.79 Å². The molecule has 6 heteroatoms. The van der Waals surface area contributed by atoms with E-state index in [1.807, 2.05) is 13.0 Å². The summed E-state index contributed by atoms with van der Waals surface area (Å²) in [6, 6.07) is 1.97. The highest BCUT2D eigenvalue weighted by Gasteiger charge is 2.16. The number of nitrogens with zero attached hydrogens (tertiary/aromatic N) is 5. The maximum Gasteiger partial charge on any atom is 0.241 e. The normalized spacial score (nSPS) is 9.53. The van der Waals surface area contributed by atoms with Gasteiger partial charge in [-0.2, -0.15) is 5.26 Å². The van der Waals surface area contributed by atoms with Gasteiger partial charge < -0.3 is 9.80 Å². The Morgan fingerprint density at radius 2 is 2.06 bits per heavy atom. The number of anilines is 1. The van der Waals surface area contributed by atoms with Gasteiger partial charge in [0.2, 0.25) is 5.91 Å². The fraction of sp³-hybridized carbons (Fsp3) is 0.455. The van der Waals surface area contributed by atoms with Crippen LogP contribution in [0.25, 0.3) is 0 Å². The first kappa shape index (κ1) is 12.9. The maximum atomic E-state index is 11.6. The van der Waals surface area contributed by atoms with Crippen LogP contribution in [-0.2, 0) is 4.79 Å². The fourth-order valence-corrected chi connectivity index (χ4v) is 1.28. The molecule has 6 nitrogen and oxygen atoms in total. The van der Waals surface area contributed by atoms with E-state index in [4.69, 9.17) is 5.26 Å². The summed E-state index contributed by atoms with van der Waals surface area (Å²) in [6.07, 6.45) is 2.97. The van der Waals surface area contributed by atoms with Crippen molar-refractivity contribution in [3.05, 3.63) is 18.1 Å². The number of carbonyl (C=O) groups is 1. The standard InChI is InChI=1S/C11H15N5O/c1-4-16(8-10(17)15(2)3)11-9(7-12)13-5-6-14-11/h5-6H,4,8H2,1-3H3. The van der Waals surface area contributed by atoms with Crippen LogP contribution < -0.4 is 4.90 Å². The quantitative estimate of drug-likeness (QED) is 0.746. The van der Waals surface area contributed by atoms with Crippen LogP contribution in [0.5, 0.6) is 0 Å². The number of nitriles is 1. The monoisotopic (exact) mass is 233 g/mol. The van der Waals surface area contributed by atoms with Gasteiger partial charge in [-0.1, -0.05) is 0 Å². The van der Waals surface area contributed by atoms with Gasteiger partial charge in [-0.15, -0.1) is 0 Å². The van der Waals surface area contributed by atoms with Crippen molar-refractivity contribution >= 4 is 11.7 Å². The smallest absolute Gasteiger partial charge is 0.241 e. The molecule has 1 rings (SSSR count). The van der Waals surface area contributed by atoms with Crippen LogP contribution in [0.1, 0.15) is 12.6 Å². The predicted molar refractivity (Wildman–Crippen MR) is 63.3 cm³/mol. The van der Waals surface area contributed by atoms with Crippen molar-refractivity contribution in [3.63, 3.8) is 0 Å². The third-order valence-corrected chi connectivity index (χ3v) is 2.29. The molecule has 0 aliphatic heterocycles. The molecule has 90 valence electrons. The van der Waals surface area contributed by atoms with Gasteiger partial charge in [0.25, 0.3) is 0 Å². The van der Waals surface area contributed by atoms with Crippen LogP contribution in [-0.4, -0.2) is 48.0 Å². The van der Waals surface area contributed by atoms with Gasteiger partial charge in [0.1, 0.15) is 6.07 Å². The van der Waals surface area contributed by atoms with Gasteiger partial charge in [0, 0.05) is 33.0 Å². The molecule has 0 saturated carbocycles. The number of amides is 1. The van der Waals surface area contributed by atoms with Crippen molar-refractivity contribution in [1.82, 2.24) is 14.9 Å². The van der Waals surface area contributed by atoms with Gasteiger partial charge in [-0.25, -0.2) is 9.97 Å². The second-order valence-electron chi connectivity index (χ2n) is 3.64. The summed E-state index contributed by atoms with van der Waals surface area (Å²) in [4.78, 5) is 22.9. The highest BCUT2D eigenvalue weighted by molar-refractivity contribution is 5.81. The van der Waals surface area contributed by atoms with E-state index in [2.05, 4.69) is 9.97 Å². The van der Waals surface area contributed by atoms with E-state index in [0.717, 1.165) is 0 Å². The fourth-order valence-electron chi connectivity index (χ4n) is 1.28. The van der Waals surface area contributed by atoms with Gasteiger partial charge in [0.05, 0.1) is 6.54 Å². The molecule has 0 spiro atoms. The molecule has 0 fully saturated rings. The van der Waals surface area contributed by atoms with Crippen molar-refractivity contribution in [1.29, 1.82) is 5.26 Å². The minimum atomic E-state index is -0.0404. The van der Waals surface area contributed by atoms with Crippen molar-refractivity contribution in [2.45, 2.75) is 6.92 Å². The van der Waals surface area contributed by atoms with Crippen LogP contribution in [0, 0.1) is 11.3 Å². The van der Waals surface area contributed by atoms with Crippen molar-refractivity contribution < 1.29 is 4.79 Å². The molecule has 1 aromatic heterocycles. The van der Waals surface area contributed by atoms with E-state index < -0.39 is 0 Å². The lowest BCUT2D eigenvalue weighted by Gasteiger charge is -2.23. The lowest BCUT2D eigenvalue weighted by atomic mass is 10.3. The number of likely N-dealkylation sites (N-methyl/N-ethyl adjacent to an activating group) is 2. The molecule has 0 aromatic carbocycles. The number of hydrogen-bond donors (Lipinski definition) is 0. The minimum Gasteiger partial charge on any atom is -0.347 e. The van der Waals surface area contributed by atoms with E-state index in [1.165, 1.54) is 17.3 Å². The van der Waals surface area contributed by atoms with Gasteiger partial charge in [0.15, 0.2) is 11.5 Å². The number of hydrogen-bond acceptors (Lipinski definition) is 5. The van der Waals surface area contributed by atoms with Gasteiger partial charge in [-0.05, 0) is 6.92 Å². The molecule has 0 unspecified atom stereocenters. The molecular formula is C11H15N5O. The molecule has 0 atom stereocenters. The summed E-state index contributed by atoms with van der Waals surface area (Å²) >= 11 is 0. The third-order valence-electron chi connectivity index (χ3n) is 2.29. The first-order chi connectivity index (χ1) is 8.10. The molecule has 0 saturated heterocycles. The second kappa shape index (κ2) is 5.80. The lowest BCUT2D eigenvalue weighted by Crippen LogP contribution is -2.37. The van der Waals surface area contributed by atoms with E-state index in [-0.39, 0.29) is 18.1 Å². The Balaban J connectivity index is 2.95. The number of aromatic nitrogens is 2. The first-order valence-electron chi connectivity index (χ1n) is 5.26. The second-order valence-corrected chi connectivity index (χ2v) is 3.64. The van der Waals surface area contributed by atoms with Crippen molar-refractivity contribution in [3.8, 4) is 6.07 Å². The average Bonchev–Trinajstić information content (AvgIpc) is 2.35. The molecule has 0 radical (unpaired) electrons. The Hall–Kier alpha value is -2.16. The summed E-state index contributed by atoms with van der Waals surface area (Å²) in [5, 5.41) is 8.93. The molecule has 0 aliphatic carbocycles. The van der Waals surface area contributed by atoms with Crippen molar-refractivity contribution in [2.24, 2.45) is 0 Å². The summed E-state index contributed by atoms with van der Waals surface area (Å²) in [6.45, 7) is 2.68. The molecule has 17 heavy (non-hydrogen) atoms. The summed E-state index contributed by atoms with van der Waals surface area (Å²) < 4.78 is 0. The van der Waals surface area contributed by atoms with Crippen LogP contribution >= 0.6 is 0 Å². The molecular weight excluding hydrogens is 218 g/mol. The predicted octanol–water partition coefficient (Wildman–Crippen LogP) is 0.263. The molecule has 1 heterocycles. The zero-order valence-corrected chi connectivity index (χ0v) is 10.2. The molecule has 0 bridgehead atoms. The lowest BCUT2D eigenvalue weighted by molar-refractivity contribution is -0.127. The van der Waals surface area contributed by atoms with Crippen molar-refractivity contribution in [2.75, 3.05) is 32.1 Å². The summed E-state index contributed by atoms with van der Waals surface area (Å²) in [7, 11) is 3.39. The number of rotatable bonds is 4. The summed E-state index contributed by atoms with van der Waals surface area (Å²) in [5.74, 6) is 0.411. The van der Waals surface area contributed by atoms with Crippen LogP contribution in [0.4, 0.5) is 5.82 Å². The Morgan fingerprint density at radius 1 is 1.41 bits per heavy atom. The molecule has 0 aliphatic rings.